The molecule has 1 amide bonds. The van der Waals surface area contributed by atoms with Gasteiger partial charge in [0.25, 0.3) is 5.56 Å². The Balaban J connectivity index is 1.44. The summed E-state index contributed by atoms with van der Waals surface area (Å²) in [7, 11) is 0. The number of rotatable bonds is 10. The number of amides is 1. The summed E-state index contributed by atoms with van der Waals surface area (Å²) < 4.78 is 7.76. The molecule has 1 atom stereocenters. The topological polar surface area (TPSA) is 134 Å². The second-order valence-corrected chi connectivity index (χ2v) is 11.3. The van der Waals surface area contributed by atoms with Gasteiger partial charge in [0, 0.05) is 36.8 Å². The number of carboxylic acid groups (broad SMARTS) is 1. The Morgan fingerprint density at radius 3 is 2.44 bits per heavy atom. The average molecular weight is 607 g/mol. The number of Topliss-reactive ketones (excluding diaryl/α,β-unsaturated/α-hetero) is 1. The van der Waals surface area contributed by atoms with Gasteiger partial charge >= 0.3 is 6.09 Å². The van der Waals surface area contributed by atoms with E-state index in [1.165, 1.54) is 0 Å². The second kappa shape index (κ2) is 14.2. The van der Waals surface area contributed by atoms with Crippen molar-refractivity contribution < 1.29 is 19.4 Å². The number of ketones is 1. The maximum absolute atomic E-state index is 14.2. The van der Waals surface area contributed by atoms with Crippen molar-refractivity contribution in [2.24, 2.45) is 0 Å². The molecule has 1 saturated carbocycles. The maximum atomic E-state index is 14.2. The Kier molecular flexibility index (Phi) is 9.87. The summed E-state index contributed by atoms with van der Waals surface area (Å²) in [5, 5.41) is 19.4. The number of amidine groups is 1. The number of hydrogen-bond donors (Lipinski definition) is 3. The normalized spacial score (nSPS) is 14.6. The number of hydrogen-bond acceptors (Lipinski definition) is 6. The van der Waals surface area contributed by atoms with Crippen LogP contribution >= 0.6 is 0 Å². The van der Waals surface area contributed by atoms with Crippen molar-refractivity contribution in [3.63, 3.8) is 0 Å². The highest BCUT2D eigenvalue weighted by Gasteiger charge is 2.22. The first-order chi connectivity index (χ1) is 21.8. The summed E-state index contributed by atoms with van der Waals surface area (Å²) in [4.78, 5) is 42.1. The molecule has 1 aliphatic rings. The molecule has 1 aromatic heterocycles. The smallest absolute Gasteiger partial charge is 0.410 e. The van der Waals surface area contributed by atoms with Crippen LogP contribution in [0.5, 0.6) is 5.75 Å². The fraction of sp³-hybridized carbons (Fsp3) is 0.306. The Hall–Kier alpha value is -5.05. The SMILES string of the molecule is CCCc1nc(CC)n(-c2ccc(OC3CCCC(=O)C3)cc2)c(=O)c1Cc1ccc(-c2ccccc2C(=N)NC(=O)O)cc1. The van der Waals surface area contributed by atoms with E-state index >= 15 is 0 Å². The number of carbonyl (C=O) groups excluding carboxylic acids is 1. The molecule has 3 N–H and O–H groups in total. The van der Waals surface area contributed by atoms with E-state index in [0.29, 0.717) is 60.5 Å². The van der Waals surface area contributed by atoms with Crippen LogP contribution in [0.15, 0.2) is 77.6 Å². The van der Waals surface area contributed by atoms with Gasteiger partial charge in [0.15, 0.2) is 0 Å². The number of ether oxygens (including phenoxy) is 1. The van der Waals surface area contributed by atoms with Crippen molar-refractivity contribution in [2.45, 2.75) is 71.3 Å². The molecule has 45 heavy (non-hydrogen) atoms. The first-order valence-corrected chi connectivity index (χ1v) is 15.5. The third-order valence-electron chi connectivity index (χ3n) is 8.04. The zero-order chi connectivity index (χ0) is 31.9. The first-order valence-electron chi connectivity index (χ1n) is 15.5. The van der Waals surface area contributed by atoms with Gasteiger partial charge in [-0.25, -0.2) is 9.78 Å². The van der Waals surface area contributed by atoms with Crippen molar-refractivity contribution in [2.75, 3.05) is 0 Å². The fourth-order valence-electron chi connectivity index (χ4n) is 5.86. The quantitative estimate of drug-likeness (QED) is 0.140. The van der Waals surface area contributed by atoms with Crippen molar-refractivity contribution >= 4 is 17.7 Å². The highest BCUT2D eigenvalue weighted by Crippen LogP contribution is 2.26. The maximum Gasteiger partial charge on any atom is 0.410 e. The summed E-state index contributed by atoms with van der Waals surface area (Å²) >= 11 is 0. The van der Waals surface area contributed by atoms with Gasteiger partial charge in [0.1, 0.15) is 29.3 Å². The van der Waals surface area contributed by atoms with E-state index in [1.807, 2.05) is 67.6 Å². The van der Waals surface area contributed by atoms with Gasteiger partial charge in [-0.3, -0.25) is 24.9 Å². The predicted molar refractivity (Wildman–Crippen MR) is 174 cm³/mol. The predicted octanol–water partition coefficient (Wildman–Crippen LogP) is 6.49. The molecule has 5 rings (SSSR count). The first kappa shape index (κ1) is 31.4. The van der Waals surface area contributed by atoms with E-state index in [1.54, 1.807) is 16.7 Å². The van der Waals surface area contributed by atoms with Crippen molar-refractivity contribution in [3.8, 4) is 22.6 Å². The fourth-order valence-corrected chi connectivity index (χ4v) is 5.86. The average Bonchev–Trinajstić information content (AvgIpc) is 3.03. The van der Waals surface area contributed by atoms with E-state index in [9.17, 15) is 14.4 Å². The van der Waals surface area contributed by atoms with Crippen LogP contribution in [-0.2, 0) is 24.1 Å². The largest absolute Gasteiger partial charge is 0.490 e. The van der Waals surface area contributed by atoms with Gasteiger partial charge in [0.05, 0.1) is 11.4 Å². The minimum atomic E-state index is -1.29. The molecule has 9 nitrogen and oxygen atoms in total. The van der Waals surface area contributed by atoms with Crippen LogP contribution in [0.25, 0.3) is 16.8 Å². The van der Waals surface area contributed by atoms with Crippen LogP contribution in [-0.4, -0.2) is 38.5 Å². The number of aryl methyl sites for hydroxylation is 2. The molecular weight excluding hydrogens is 568 g/mol. The number of benzene rings is 3. The molecule has 4 aromatic rings. The standard InChI is InChI=1S/C36H38N4O5/c1-3-8-32-31(21-23-13-15-24(16-14-23)29-11-5-6-12-30(29)34(37)39-36(43)44)35(42)40(33(4-2)38-32)25-17-19-27(20-18-25)45-28-10-7-9-26(41)22-28/h5-6,11-20,28H,3-4,7-10,21-22H2,1-2H3,(H2,37,39)(H,43,44). The van der Waals surface area contributed by atoms with E-state index in [0.717, 1.165) is 41.6 Å². The van der Waals surface area contributed by atoms with Crippen LogP contribution in [0, 0.1) is 5.41 Å². The van der Waals surface area contributed by atoms with E-state index in [-0.39, 0.29) is 23.3 Å². The molecule has 3 aromatic carbocycles. The zero-order valence-corrected chi connectivity index (χ0v) is 25.6. The molecule has 1 unspecified atom stereocenters. The van der Waals surface area contributed by atoms with Crippen molar-refractivity contribution in [3.05, 3.63) is 111 Å². The van der Waals surface area contributed by atoms with Gasteiger partial charge in [-0.05, 0) is 60.2 Å². The molecule has 1 heterocycles. The number of nitrogens with one attached hydrogen (secondary N) is 2. The van der Waals surface area contributed by atoms with Crippen molar-refractivity contribution in [1.29, 1.82) is 5.41 Å². The summed E-state index contributed by atoms with van der Waals surface area (Å²) in [6.07, 6.45) is 3.91. The molecule has 0 bridgehead atoms. The lowest BCUT2D eigenvalue weighted by atomic mass is 9.96. The minimum Gasteiger partial charge on any atom is -0.490 e. The summed E-state index contributed by atoms with van der Waals surface area (Å²) in [6, 6.07) is 22.4. The molecule has 1 fully saturated rings. The number of carbonyl (C=O) groups is 2. The van der Waals surface area contributed by atoms with E-state index in [2.05, 4.69) is 12.2 Å². The Morgan fingerprint density at radius 1 is 1.04 bits per heavy atom. The van der Waals surface area contributed by atoms with Gasteiger partial charge in [0.2, 0.25) is 0 Å². The summed E-state index contributed by atoms with van der Waals surface area (Å²) in [5.41, 5.74) is 5.04. The van der Waals surface area contributed by atoms with Crippen LogP contribution < -0.4 is 15.6 Å². The molecule has 232 valence electrons. The number of aromatic nitrogens is 2. The third-order valence-corrected chi connectivity index (χ3v) is 8.04. The zero-order valence-electron chi connectivity index (χ0n) is 25.6. The van der Waals surface area contributed by atoms with Gasteiger partial charge in [-0.2, -0.15) is 0 Å². The van der Waals surface area contributed by atoms with E-state index in [4.69, 9.17) is 20.2 Å². The van der Waals surface area contributed by atoms with Gasteiger partial charge < -0.3 is 9.84 Å². The summed E-state index contributed by atoms with van der Waals surface area (Å²) in [6.45, 7) is 4.07. The van der Waals surface area contributed by atoms with Crippen LogP contribution in [0.3, 0.4) is 0 Å². The van der Waals surface area contributed by atoms with E-state index < -0.39 is 6.09 Å². The molecule has 0 saturated heterocycles. The number of nitrogens with zero attached hydrogens (tertiary/aromatic N) is 2. The lowest BCUT2D eigenvalue weighted by molar-refractivity contribution is -0.122. The molecule has 0 aliphatic heterocycles. The monoisotopic (exact) mass is 606 g/mol. The molecular formula is C36H38N4O5. The molecule has 0 spiro atoms. The Bertz CT molecular complexity index is 1760. The van der Waals surface area contributed by atoms with Gasteiger partial charge in [-0.15, -0.1) is 0 Å². The molecule has 9 heteroatoms. The minimum absolute atomic E-state index is 0.0977. The lowest BCUT2D eigenvalue weighted by Crippen LogP contribution is -2.29. The third kappa shape index (κ3) is 7.37. The lowest BCUT2D eigenvalue weighted by Gasteiger charge is -2.22. The highest BCUT2D eigenvalue weighted by molar-refractivity contribution is 6.08. The molecule has 1 aliphatic carbocycles. The van der Waals surface area contributed by atoms with Crippen LogP contribution in [0.1, 0.15) is 74.2 Å². The van der Waals surface area contributed by atoms with Crippen LogP contribution in [0.2, 0.25) is 0 Å². The summed E-state index contributed by atoms with van der Waals surface area (Å²) in [5.74, 6) is 1.41. The second-order valence-electron chi connectivity index (χ2n) is 11.3. The highest BCUT2D eigenvalue weighted by atomic mass is 16.5. The van der Waals surface area contributed by atoms with Crippen molar-refractivity contribution in [1.82, 2.24) is 14.9 Å². The molecule has 0 radical (unpaired) electrons. The van der Waals surface area contributed by atoms with Crippen LogP contribution in [0.4, 0.5) is 4.79 Å². The Morgan fingerprint density at radius 2 is 1.78 bits per heavy atom. The Labute approximate surface area is 262 Å². The van der Waals surface area contributed by atoms with Gasteiger partial charge in [-0.1, -0.05) is 68.8 Å².